The first-order valence-electron chi connectivity index (χ1n) is 8.90. The highest BCUT2D eigenvalue weighted by Crippen LogP contribution is 2.34. The lowest BCUT2D eigenvalue weighted by Gasteiger charge is -2.11. The van der Waals surface area contributed by atoms with Crippen LogP contribution in [0.5, 0.6) is 0 Å². The second-order valence-electron chi connectivity index (χ2n) is 6.63. The van der Waals surface area contributed by atoms with E-state index in [1.54, 1.807) is 35.1 Å². The molecule has 0 bridgehead atoms. The summed E-state index contributed by atoms with van der Waals surface area (Å²) >= 11 is 3.21. The number of aryl methyl sites for hydroxylation is 2. The van der Waals surface area contributed by atoms with E-state index in [2.05, 4.69) is 0 Å². The highest BCUT2D eigenvalue weighted by Gasteiger charge is 2.21. The molecule has 4 rings (SSSR count). The number of thioether (sulfide) groups is 1. The van der Waals surface area contributed by atoms with Crippen LogP contribution in [0.2, 0.25) is 0 Å². The normalized spacial score (nSPS) is 13.6. The van der Waals surface area contributed by atoms with Crippen molar-refractivity contribution in [3.63, 3.8) is 0 Å². The molecule has 1 aromatic carbocycles. The molecule has 140 valence electrons. The van der Waals surface area contributed by atoms with E-state index < -0.39 is 0 Å². The molecular weight excluding hydrogens is 380 g/mol. The third-order valence-corrected chi connectivity index (χ3v) is 7.19. The largest absolute Gasteiger partial charge is 0.465 e. The van der Waals surface area contributed by atoms with Gasteiger partial charge in [-0.2, -0.15) is 0 Å². The molecule has 2 aromatic heterocycles. The van der Waals surface area contributed by atoms with Crippen molar-refractivity contribution in [2.75, 3.05) is 7.11 Å². The van der Waals surface area contributed by atoms with Crippen molar-refractivity contribution < 1.29 is 9.53 Å². The van der Waals surface area contributed by atoms with Gasteiger partial charge in [-0.15, -0.1) is 11.3 Å². The van der Waals surface area contributed by atoms with Crippen LogP contribution >= 0.6 is 23.1 Å². The van der Waals surface area contributed by atoms with Crippen LogP contribution in [-0.4, -0.2) is 22.6 Å². The van der Waals surface area contributed by atoms with Crippen LogP contribution in [0.1, 0.15) is 39.2 Å². The van der Waals surface area contributed by atoms with E-state index in [-0.39, 0.29) is 11.5 Å². The highest BCUT2D eigenvalue weighted by atomic mass is 32.2. The molecule has 0 aliphatic heterocycles. The number of thiophene rings is 1. The fourth-order valence-electron chi connectivity index (χ4n) is 3.40. The van der Waals surface area contributed by atoms with Crippen molar-refractivity contribution in [3.8, 4) is 0 Å². The van der Waals surface area contributed by atoms with Crippen molar-refractivity contribution in [1.82, 2.24) is 9.55 Å². The SMILES string of the molecule is COC(=O)c1ccc(CSc2nc3sc4c(c3c(=O)n2C)CCCC4)cc1. The Morgan fingerprint density at radius 3 is 2.74 bits per heavy atom. The molecule has 0 unspecified atom stereocenters. The summed E-state index contributed by atoms with van der Waals surface area (Å²) in [6, 6.07) is 7.31. The Morgan fingerprint density at radius 2 is 2.00 bits per heavy atom. The Labute approximate surface area is 165 Å². The number of carbonyl (C=O) groups is 1. The third-order valence-electron chi connectivity index (χ3n) is 4.90. The van der Waals surface area contributed by atoms with E-state index in [0.717, 1.165) is 40.2 Å². The molecular formula is C20H20N2O3S2. The molecule has 0 amide bonds. The molecule has 0 atom stereocenters. The predicted octanol–water partition coefficient (Wildman–Crippen LogP) is 3.95. The number of carbonyl (C=O) groups excluding carboxylic acids is 1. The quantitative estimate of drug-likeness (QED) is 0.377. The first-order chi connectivity index (χ1) is 13.1. The number of methoxy groups -OCH3 is 1. The standard InChI is InChI=1S/C20H20N2O3S2/c1-22-18(23)16-14-5-3-4-6-15(14)27-17(16)21-20(22)26-11-12-7-9-13(10-8-12)19(24)25-2/h7-10H,3-6,11H2,1-2H3. The van der Waals surface area contributed by atoms with Gasteiger partial charge in [0.2, 0.25) is 0 Å². The van der Waals surface area contributed by atoms with Gasteiger partial charge in [0.1, 0.15) is 4.83 Å². The van der Waals surface area contributed by atoms with Crippen LogP contribution < -0.4 is 5.56 Å². The van der Waals surface area contributed by atoms with Gasteiger partial charge in [-0.3, -0.25) is 9.36 Å². The predicted molar refractivity (Wildman–Crippen MR) is 109 cm³/mol. The van der Waals surface area contributed by atoms with E-state index in [4.69, 9.17) is 9.72 Å². The number of hydrogen-bond donors (Lipinski definition) is 0. The van der Waals surface area contributed by atoms with Crippen molar-refractivity contribution in [1.29, 1.82) is 0 Å². The van der Waals surface area contributed by atoms with E-state index in [9.17, 15) is 9.59 Å². The van der Waals surface area contributed by atoms with Crippen LogP contribution in [0, 0.1) is 0 Å². The number of esters is 1. The molecule has 1 aliphatic carbocycles. The van der Waals surface area contributed by atoms with Crippen molar-refractivity contribution in [2.45, 2.75) is 36.6 Å². The second-order valence-corrected chi connectivity index (χ2v) is 8.65. The molecule has 3 aromatic rings. The van der Waals surface area contributed by atoms with Gasteiger partial charge in [-0.05, 0) is 48.9 Å². The van der Waals surface area contributed by atoms with Gasteiger partial charge in [-0.1, -0.05) is 23.9 Å². The second kappa shape index (κ2) is 7.48. The number of aromatic nitrogens is 2. The fourth-order valence-corrected chi connectivity index (χ4v) is 5.63. The number of nitrogens with zero attached hydrogens (tertiary/aromatic N) is 2. The van der Waals surface area contributed by atoms with E-state index >= 15 is 0 Å². The Balaban J connectivity index is 1.60. The maximum atomic E-state index is 12.9. The van der Waals surface area contributed by atoms with Crippen molar-refractivity contribution >= 4 is 39.3 Å². The van der Waals surface area contributed by atoms with Gasteiger partial charge in [-0.25, -0.2) is 9.78 Å². The Bertz CT molecular complexity index is 1070. The molecule has 0 saturated carbocycles. The monoisotopic (exact) mass is 400 g/mol. The average molecular weight is 401 g/mol. The van der Waals surface area contributed by atoms with Gasteiger partial charge >= 0.3 is 5.97 Å². The zero-order chi connectivity index (χ0) is 19.0. The lowest BCUT2D eigenvalue weighted by molar-refractivity contribution is 0.0600. The third kappa shape index (κ3) is 3.41. The molecule has 7 heteroatoms. The summed E-state index contributed by atoms with van der Waals surface area (Å²) in [6.07, 6.45) is 4.41. The Kier molecular flexibility index (Phi) is 5.06. The summed E-state index contributed by atoms with van der Waals surface area (Å²) in [7, 11) is 3.17. The summed E-state index contributed by atoms with van der Waals surface area (Å²) < 4.78 is 6.38. The number of fused-ring (bicyclic) bond motifs is 3. The van der Waals surface area contributed by atoms with Gasteiger partial charge in [0.25, 0.3) is 5.56 Å². The number of hydrogen-bond acceptors (Lipinski definition) is 6. The summed E-state index contributed by atoms with van der Waals surface area (Å²) in [4.78, 5) is 31.4. The summed E-state index contributed by atoms with van der Waals surface area (Å²) in [5.41, 5.74) is 2.88. The molecule has 0 N–H and O–H groups in total. The molecule has 1 aliphatic rings. The van der Waals surface area contributed by atoms with Crippen LogP contribution in [0.25, 0.3) is 10.2 Å². The summed E-state index contributed by atoms with van der Waals surface area (Å²) in [5.74, 6) is 0.337. The Morgan fingerprint density at radius 1 is 1.26 bits per heavy atom. The van der Waals surface area contributed by atoms with E-state index in [0.29, 0.717) is 11.3 Å². The maximum Gasteiger partial charge on any atom is 0.337 e. The highest BCUT2D eigenvalue weighted by molar-refractivity contribution is 7.98. The first kappa shape index (κ1) is 18.3. The number of benzene rings is 1. The Hall–Kier alpha value is -2.12. The lowest BCUT2D eigenvalue weighted by atomic mass is 9.97. The average Bonchev–Trinajstić information content (AvgIpc) is 3.07. The van der Waals surface area contributed by atoms with Gasteiger partial charge in [0, 0.05) is 17.7 Å². The zero-order valence-corrected chi connectivity index (χ0v) is 16.9. The van der Waals surface area contributed by atoms with Crippen LogP contribution in [0.15, 0.2) is 34.2 Å². The van der Waals surface area contributed by atoms with Gasteiger partial charge in [0.05, 0.1) is 18.1 Å². The topological polar surface area (TPSA) is 61.2 Å². The van der Waals surface area contributed by atoms with Crippen LogP contribution in [0.3, 0.4) is 0 Å². The molecule has 0 spiro atoms. The molecule has 0 radical (unpaired) electrons. The molecule has 0 saturated heterocycles. The fraction of sp³-hybridized carbons (Fsp3) is 0.350. The lowest BCUT2D eigenvalue weighted by Crippen LogP contribution is -2.20. The van der Waals surface area contributed by atoms with Crippen LogP contribution in [0.4, 0.5) is 0 Å². The van der Waals surface area contributed by atoms with Crippen molar-refractivity contribution in [2.24, 2.45) is 7.05 Å². The molecule has 0 fully saturated rings. The summed E-state index contributed by atoms with van der Waals surface area (Å²) in [6.45, 7) is 0. The number of rotatable bonds is 4. The zero-order valence-electron chi connectivity index (χ0n) is 15.3. The minimum atomic E-state index is -0.342. The van der Waals surface area contributed by atoms with Crippen LogP contribution in [-0.2, 0) is 30.4 Å². The van der Waals surface area contributed by atoms with Crippen molar-refractivity contribution in [3.05, 3.63) is 56.2 Å². The summed E-state index contributed by atoms with van der Waals surface area (Å²) in [5, 5.41) is 1.55. The molecule has 2 heterocycles. The molecule has 5 nitrogen and oxygen atoms in total. The smallest absolute Gasteiger partial charge is 0.337 e. The maximum absolute atomic E-state index is 12.9. The minimum Gasteiger partial charge on any atom is -0.465 e. The van der Waals surface area contributed by atoms with E-state index in [1.165, 1.54) is 35.7 Å². The minimum absolute atomic E-state index is 0.0583. The van der Waals surface area contributed by atoms with E-state index in [1.807, 2.05) is 12.1 Å². The number of ether oxygens (including phenoxy) is 1. The first-order valence-corrected chi connectivity index (χ1v) is 10.7. The molecule has 27 heavy (non-hydrogen) atoms. The van der Waals surface area contributed by atoms with Gasteiger partial charge < -0.3 is 4.74 Å². The van der Waals surface area contributed by atoms with Gasteiger partial charge in [0.15, 0.2) is 5.16 Å².